The minimum atomic E-state index is -4.71. The third-order valence-corrected chi connectivity index (χ3v) is 6.60. The van der Waals surface area contributed by atoms with E-state index in [-0.39, 0.29) is 46.5 Å². The minimum absolute atomic E-state index is 0.0127. The topological polar surface area (TPSA) is 223 Å². The lowest BCUT2D eigenvalue weighted by Gasteiger charge is -2.06. The van der Waals surface area contributed by atoms with Gasteiger partial charge in [0.05, 0.1) is 0 Å². The van der Waals surface area contributed by atoms with Crippen LogP contribution in [0.3, 0.4) is 0 Å². The highest BCUT2D eigenvalue weighted by Crippen LogP contribution is 2.33. The van der Waals surface area contributed by atoms with Gasteiger partial charge in [-0.1, -0.05) is 34.5 Å². The van der Waals surface area contributed by atoms with E-state index >= 15 is 0 Å². The quantitative estimate of drug-likeness (QED) is 0.182. The molecule has 1 fully saturated rings. The second-order valence-electron chi connectivity index (χ2n) is 6.94. The highest BCUT2D eigenvalue weighted by Gasteiger charge is 2.26. The van der Waals surface area contributed by atoms with Gasteiger partial charge in [-0.15, -0.1) is 0 Å². The molecule has 0 aliphatic heterocycles. The Morgan fingerprint density at radius 3 is 1.47 bits per heavy atom. The maximum absolute atomic E-state index is 12.9. The van der Waals surface area contributed by atoms with E-state index in [0.717, 1.165) is 12.1 Å². The minimum Gasteiger partial charge on any atom is -0.289 e. The summed E-state index contributed by atoms with van der Waals surface area (Å²) in [7, 11) is -9.42. The Hall–Kier alpha value is -3.97. The highest BCUT2D eigenvalue weighted by atomic mass is 32.2. The van der Waals surface area contributed by atoms with E-state index < -0.39 is 35.8 Å². The largest absolute Gasteiger partial charge is 0.295 e. The molecule has 0 saturated heterocycles. The molecule has 1 aliphatic rings. The van der Waals surface area contributed by atoms with Crippen molar-refractivity contribution >= 4 is 49.5 Å². The summed E-state index contributed by atoms with van der Waals surface area (Å²) in [4.78, 5) is 16.9. The maximum atomic E-state index is 12.9. The number of nitrogens with zero attached hydrogens (tertiary/aromatic N) is 6. The molecular formula is C19H14N6O7S2. The van der Waals surface area contributed by atoms with Gasteiger partial charge in [-0.05, 0) is 59.3 Å². The Balaban J connectivity index is 2.05. The smallest absolute Gasteiger partial charge is 0.289 e. The third kappa shape index (κ3) is 5.50. The Labute approximate surface area is 192 Å². The van der Waals surface area contributed by atoms with Crippen LogP contribution in [-0.2, 0) is 25.0 Å². The fourth-order valence-corrected chi connectivity index (χ4v) is 4.70. The van der Waals surface area contributed by atoms with Gasteiger partial charge in [-0.25, -0.2) is 0 Å². The van der Waals surface area contributed by atoms with E-state index in [4.69, 9.17) is 11.1 Å². The van der Waals surface area contributed by atoms with Crippen LogP contribution in [0.4, 0.5) is 11.4 Å². The molecule has 174 valence electrons. The Bertz CT molecular complexity index is 1460. The molecule has 3 rings (SSSR count). The van der Waals surface area contributed by atoms with Crippen molar-refractivity contribution in [3.63, 3.8) is 0 Å². The molecule has 2 aromatic rings. The summed E-state index contributed by atoms with van der Waals surface area (Å²) in [5.74, 6) is -0.499. The fraction of sp³-hybridized carbons (Fsp3) is 0.105. The average Bonchev–Trinajstić information content (AvgIpc) is 3.08. The fourth-order valence-electron chi connectivity index (χ4n) is 3.31. The van der Waals surface area contributed by atoms with E-state index in [0.29, 0.717) is 0 Å². The molecule has 2 N–H and O–H groups in total. The number of carbonyl (C=O) groups excluding carboxylic acids is 1. The second kappa shape index (κ2) is 9.49. The molecule has 0 spiro atoms. The van der Waals surface area contributed by atoms with Gasteiger partial charge in [0.2, 0.25) is 0 Å². The van der Waals surface area contributed by atoms with Crippen LogP contribution in [0.5, 0.6) is 0 Å². The molecule has 34 heavy (non-hydrogen) atoms. The van der Waals surface area contributed by atoms with E-state index in [1.54, 1.807) is 0 Å². The number of ketones is 1. The molecule has 0 bridgehead atoms. The number of benzene rings is 2. The standard InChI is InChI=1S/C19H14N6O7S2/c20-24-22-15-5-3-11(17(9-15)33(27,28)29)7-13-1-2-14(19(13)26)8-12-4-6-16(23-25-21)10-18(12)34(30,31)32/h3-10H,1-2H2,(H,27,28,29)(H,30,31,32)/b13-7-,14-8-. The molecule has 0 amide bonds. The Morgan fingerprint density at radius 1 is 0.765 bits per heavy atom. The van der Waals surface area contributed by atoms with Crippen LogP contribution in [0.1, 0.15) is 24.0 Å². The molecule has 0 radical (unpaired) electrons. The molecule has 0 heterocycles. The molecule has 0 atom stereocenters. The zero-order chi connectivity index (χ0) is 25.1. The van der Waals surface area contributed by atoms with Crippen LogP contribution >= 0.6 is 0 Å². The molecule has 2 aromatic carbocycles. The number of hydrogen-bond donors (Lipinski definition) is 2. The molecule has 0 unspecified atom stereocenters. The summed E-state index contributed by atoms with van der Waals surface area (Å²) < 4.78 is 66.1. The molecule has 13 nitrogen and oxygen atoms in total. The van der Waals surface area contributed by atoms with Crippen molar-refractivity contribution in [3.8, 4) is 0 Å². The predicted octanol–water partition coefficient (Wildman–Crippen LogP) is 4.89. The van der Waals surface area contributed by atoms with Crippen molar-refractivity contribution in [1.82, 2.24) is 0 Å². The zero-order valence-electron chi connectivity index (χ0n) is 17.0. The molecule has 1 saturated carbocycles. The summed E-state index contributed by atoms with van der Waals surface area (Å²) in [6, 6.07) is 7.06. The van der Waals surface area contributed by atoms with Gasteiger partial charge >= 0.3 is 0 Å². The van der Waals surface area contributed by atoms with E-state index in [1.165, 1.54) is 36.4 Å². The first-order valence-corrected chi connectivity index (χ1v) is 12.1. The van der Waals surface area contributed by atoms with Crippen LogP contribution in [0.15, 0.2) is 67.6 Å². The van der Waals surface area contributed by atoms with Crippen molar-refractivity contribution < 1.29 is 30.7 Å². The lowest BCUT2D eigenvalue weighted by molar-refractivity contribution is -0.111. The van der Waals surface area contributed by atoms with Gasteiger partial charge in [0, 0.05) is 32.3 Å². The van der Waals surface area contributed by atoms with Gasteiger partial charge in [0.15, 0.2) is 5.78 Å². The SMILES string of the molecule is [N-]=[N+]=Nc1ccc(/C=C2/CC/C(=C/c3ccc(N=[N+]=[N-])cc3S(=O)(=O)O)C2=O)c(S(=O)(=O)O)c1. The van der Waals surface area contributed by atoms with Crippen molar-refractivity contribution in [2.75, 3.05) is 0 Å². The Morgan fingerprint density at radius 2 is 1.15 bits per heavy atom. The van der Waals surface area contributed by atoms with Crippen LogP contribution in [-0.4, -0.2) is 31.7 Å². The lowest BCUT2D eigenvalue weighted by atomic mass is 10.1. The monoisotopic (exact) mass is 502 g/mol. The summed E-state index contributed by atoms with van der Waals surface area (Å²) in [5, 5.41) is 6.57. The first kappa shape index (κ1) is 24.7. The zero-order valence-corrected chi connectivity index (χ0v) is 18.6. The second-order valence-corrected chi connectivity index (χ2v) is 9.72. The summed E-state index contributed by atoms with van der Waals surface area (Å²) in [6.45, 7) is 0. The summed E-state index contributed by atoms with van der Waals surface area (Å²) in [5.41, 5.74) is 17.3. The number of Topliss-reactive ketones (excluding diaryl/α,β-unsaturated/α-hetero) is 1. The van der Waals surface area contributed by atoms with Crippen LogP contribution < -0.4 is 0 Å². The van der Waals surface area contributed by atoms with E-state index in [2.05, 4.69) is 20.1 Å². The lowest BCUT2D eigenvalue weighted by Crippen LogP contribution is -2.03. The number of azide groups is 2. The average molecular weight is 502 g/mol. The van der Waals surface area contributed by atoms with Gasteiger partial charge < -0.3 is 0 Å². The molecule has 15 heteroatoms. The number of carbonyl (C=O) groups is 1. The van der Waals surface area contributed by atoms with Gasteiger partial charge in [0.25, 0.3) is 20.2 Å². The Kier molecular flexibility index (Phi) is 6.88. The third-order valence-electron chi connectivity index (χ3n) is 4.78. The molecular weight excluding hydrogens is 488 g/mol. The normalized spacial score (nSPS) is 16.4. The van der Waals surface area contributed by atoms with Gasteiger partial charge in [0.1, 0.15) is 9.79 Å². The van der Waals surface area contributed by atoms with Crippen molar-refractivity contribution in [1.29, 1.82) is 0 Å². The molecule has 0 aromatic heterocycles. The maximum Gasteiger partial charge on any atom is 0.295 e. The summed E-state index contributed by atoms with van der Waals surface area (Å²) >= 11 is 0. The summed E-state index contributed by atoms with van der Waals surface area (Å²) in [6.07, 6.45) is 2.90. The number of rotatable bonds is 6. The first-order chi connectivity index (χ1) is 15.9. The van der Waals surface area contributed by atoms with E-state index in [1.807, 2.05) is 0 Å². The van der Waals surface area contributed by atoms with E-state index in [9.17, 15) is 30.7 Å². The van der Waals surface area contributed by atoms with Crippen LogP contribution in [0, 0.1) is 0 Å². The predicted molar refractivity (Wildman–Crippen MR) is 120 cm³/mol. The van der Waals surface area contributed by atoms with Crippen molar-refractivity contribution in [3.05, 3.63) is 79.6 Å². The van der Waals surface area contributed by atoms with Crippen LogP contribution in [0.2, 0.25) is 0 Å². The first-order valence-electron chi connectivity index (χ1n) is 9.23. The number of allylic oxidation sites excluding steroid dienone is 2. The highest BCUT2D eigenvalue weighted by molar-refractivity contribution is 7.86. The van der Waals surface area contributed by atoms with Crippen LogP contribution in [0.25, 0.3) is 33.0 Å². The van der Waals surface area contributed by atoms with Gasteiger partial charge in [-0.2, -0.15) is 16.8 Å². The number of hydrogen-bond acceptors (Lipinski definition) is 7. The van der Waals surface area contributed by atoms with Crippen molar-refractivity contribution in [2.24, 2.45) is 10.2 Å². The van der Waals surface area contributed by atoms with Gasteiger partial charge in [-0.3, -0.25) is 13.9 Å². The van der Waals surface area contributed by atoms with Crippen molar-refractivity contribution in [2.45, 2.75) is 22.6 Å². The molecule has 1 aliphatic carbocycles.